The molecule has 6 heteroatoms. The zero-order valence-corrected chi connectivity index (χ0v) is 15.5. The molecule has 1 N–H and O–H groups in total. The van der Waals surface area contributed by atoms with Crippen LogP contribution >= 0.6 is 0 Å². The molecule has 3 rings (SSSR count). The van der Waals surface area contributed by atoms with Gasteiger partial charge in [0.15, 0.2) is 0 Å². The van der Waals surface area contributed by atoms with E-state index in [0.717, 1.165) is 43.6 Å². The number of rotatable bonds is 6. The second kappa shape index (κ2) is 8.75. The minimum absolute atomic E-state index is 0.137. The van der Waals surface area contributed by atoms with Crippen molar-refractivity contribution in [3.63, 3.8) is 0 Å². The molecule has 0 spiro atoms. The number of nitrogens with zero attached hydrogens (tertiary/aromatic N) is 2. The highest BCUT2D eigenvalue weighted by Gasteiger charge is 2.20. The number of hydrogen-bond acceptors (Lipinski definition) is 4. The molecule has 1 saturated heterocycles. The Balaban J connectivity index is 1.50. The van der Waals surface area contributed by atoms with E-state index in [-0.39, 0.29) is 23.9 Å². The van der Waals surface area contributed by atoms with Gasteiger partial charge in [-0.2, -0.15) is 0 Å². The lowest BCUT2D eigenvalue weighted by Gasteiger charge is -2.33. The van der Waals surface area contributed by atoms with E-state index in [2.05, 4.69) is 15.2 Å². The van der Waals surface area contributed by atoms with Crippen LogP contribution in [0.25, 0.3) is 0 Å². The van der Waals surface area contributed by atoms with Gasteiger partial charge >= 0.3 is 0 Å². The monoisotopic (exact) mass is 369 g/mol. The molecule has 1 aromatic heterocycles. The average Bonchev–Trinajstić information content (AvgIpc) is 2.62. The van der Waals surface area contributed by atoms with Crippen LogP contribution in [0.3, 0.4) is 0 Å². The maximum absolute atomic E-state index is 13.3. The Bertz CT molecular complexity index is 799. The van der Waals surface area contributed by atoms with E-state index >= 15 is 0 Å². The maximum Gasteiger partial charge on any atom is 0.232 e. The Morgan fingerprint density at radius 2 is 2.00 bits per heavy atom. The van der Waals surface area contributed by atoms with Gasteiger partial charge in [0, 0.05) is 13.1 Å². The Morgan fingerprint density at radius 1 is 1.22 bits per heavy atom. The smallest absolute Gasteiger partial charge is 0.232 e. The highest BCUT2D eigenvalue weighted by molar-refractivity contribution is 6.03. The van der Waals surface area contributed by atoms with Crippen molar-refractivity contribution in [2.75, 3.05) is 23.3 Å². The van der Waals surface area contributed by atoms with E-state index in [9.17, 15) is 14.0 Å². The highest BCUT2D eigenvalue weighted by atomic mass is 19.1. The largest absolute Gasteiger partial charge is 0.370 e. The molecule has 1 fully saturated rings. The predicted octanol–water partition coefficient (Wildman–Crippen LogP) is 3.60. The van der Waals surface area contributed by atoms with E-state index in [1.54, 1.807) is 24.4 Å². The van der Waals surface area contributed by atoms with Crippen LogP contribution in [0, 0.1) is 11.7 Å². The summed E-state index contributed by atoms with van der Waals surface area (Å²) < 4.78 is 13.3. The van der Waals surface area contributed by atoms with Gasteiger partial charge < -0.3 is 10.2 Å². The van der Waals surface area contributed by atoms with Crippen molar-refractivity contribution in [2.24, 2.45) is 5.92 Å². The third-order valence-electron chi connectivity index (χ3n) is 4.82. The van der Waals surface area contributed by atoms with E-state index in [1.165, 1.54) is 13.0 Å². The van der Waals surface area contributed by atoms with Gasteiger partial charge in [-0.05, 0) is 61.9 Å². The molecule has 0 aliphatic carbocycles. The molecule has 1 amide bonds. The number of anilines is 2. The van der Waals surface area contributed by atoms with Gasteiger partial charge in [-0.1, -0.05) is 12.1 Å². The molecule has 142 valence electrons. The summed E-state index contributed by atoms with van der Waals surface area (Å²) in [5.41, 5.74) is 2.07. The number of carbonyl (C=O) groups excluding carboxylic acids is 2. The first-order valence-corrected chi connectivity index (χ1v) is 9.24. The van der Waals surface area contributed by atoms with Crippen molar-refractivity contribution in [3.8, 4) is 0 Å². The Morgan fingerprint density at radius 3 is 2.63 bits per heavy atom. The van der Waals surface area contributed by atoms with Crippen molar-refractivity contribution < 1.29 is 14.0 Å². The summed E-state index contributed by atoms with van der Waals surface area (Å²) in [6.45, 7) is 3.24. The minimum Gasteiger partial charge on any atom is -0.370 e. The number of nitrogens with one attached hydrogen (secondary N) is 1. The quantitative estimate of drug-likeness (QED) is 0.791. The molecule has 1 aliphatic rings. The van der Waals surface area contributed by atoms with Gasteiger partial charge in [0.2, 0.25) is 5.91 Å². The number of pyridine rings is 1. The van der Waals surface area contributed by atoms with Crippen LogP contribution < -0.4 is 10.2 Å². The lowest BCUT2D eigenvalue weighted by molar-refractivity contribution is -0.124. The van der Waals surface area contributed by atoms with Gasteiger partial charge in [-0.15, -0.1) is 0 Å². The second-order valence-electron chi connectivity index (χ2n) is 7.09. The number of amides is 1. The SMILES string of the molecule is CC(=O)CC(=O)Nc1ccc(N2CCC(Cc3cccc(F)c3)CC2)cn1. The topological polar surface area (TPSA) is 62.3 Å². The van der Waals surface area contributed by atoms with Gasteiger partial charge in [-0.25, -0.2) is 9.37 Å². The molecule has 5 nitrogen and oxygen atoms in total. The van der Waals surface area contributed by atoms with Crippen LogP contribution in [0.2, 0.25) is 0 Å². The van der Waals surface area contributed by atoms with E-state index in [4.69, 9.17) is 0 Å². The molecule has 0 radical (unpaired) electrons. The summed E-state index contributed by atoms with van der Waals surface area (Å²) in [5.74, 6) is 0.310. The first-order valence-electron chi connectivity index (χ1n) is 9.24. The summed E-state index contributed by atoms with van der Waals surface area (Å²) >= 11 is 0. The van der Waals surface area contributed by atoms with Crippen LogP contribution in [0.5, 0.6) is 0 Å². The first-order chi connectivity index (χ1) is 13.0. The molecule has 1 aromatic carbocycles. The molecule has 0 bridgehead atoms. The second-order valence-corrected chi connectivity index (χ2v) is 7.09. The number of carbonyl (C=O) groups is 2. The number of benzene rings is 1. The third kappa shape index (κ3) is 5.61. The summed E-state index contributed by atoms with van der Waals surface area (Å²) in [6, 6.07) is 10.5. The number of halogens is 1. The zero-order valence-electron chi connectivity index (χ0n) is 15.5. The third-order valence-corrected chi connectivity index (χ3v) is 4.82. The maximum atomic E-state index is 13.3. The fourth-order valence-corrected chi connectivity index (χ4v) is 3.45. The number of hydrogen-bond donors (Lipinski definition) is 1. The van der Waals surface area contributed by atoms with Crippen molar-refractivity contribution >= 4 is 23.2 Å². The molecule has 0 unspecified atom stereocenters. The van der Waals surface area contributed by atoms with Crippen molar-refractivity contribution in [1.82, 2.24) is 4.98 Å². The Hall–Kier alpha value is -2.76. The van der Waals surface area contributed by atoms with Crippen LogP contribution in [0.4, 0.5) is 15.9 Å². The van der Waals surface area contributed by atoms with Gasteiger partial charge in [0.25, 0.3) is 0 Å². The number of piperidine rings is 1. The Labute approximate surface area is 158 Å². The molecule has 0 saturated carbocycles. The summed E-state index contributed by atoms with van der Waals surface area (Å²) in [7, 11) is 0. The number of ketones is 1. The average molecular weight is 369 g/mol. The van der Waals surface area contributed by atoms with Gasteiger partial charge in [-0.3, -0.25) is 9.59 Å². The molecule has 2 heterocycles. The van der Waals surface area contributed by atoms with Crippen LogP contribution in [-0.2, 0) is 16.0 Å². The van der Waals surface area contributed by atoms with Gasteiger partial charge in [0.1, 0.15) is 17.4 Å². The van der Waals surface area contributed by atoms with E-state index in [1.807, 2.05) is 12.1 Å². The fourth-order valence-electron chi connectivity index (χ4n) is 3.45. The lowest BCUT2D eigenvalue weighted by atomic mass is 9.90. The van der Waals surface area contributed by atoms with Crippen molar-refractivity contribution in [1.29, 1.82) is 0 Å². The number of Topliss-reactive ketones (excluding diaryl/α,β-unsaturated/α-hetero) is 1. The minimum atomic E-state index is -0.346. The summed E-state index contributed by atoms with van der Waals surface area (Å²) in [5, 5.41) is 2.62. The zero-order chi connectivity index (χ0) is 19.2. The molecular weight excluding hydrogens is 345 g/mol. The van der Waals surface area contributed by atoms with E-state index < -0.39 is 0 Å². The molecular formula is C21H24FN3O2. The van der Waals surface area contributed by atoms with Crippen molar-refractivity contribution in [3.05, 3.63) is 54.0 Å². The van der Waals surface area contributed by atoms with Crippen LogP contribution in [0.1, 0.15) is 31.7 Å². The highest BCUT2D eigenvalue weighted by Crippen LogP contribution is 2.26. The van der Waals surface area contributed by atoms with E-state index in [0.29, 0.717) is 11.7 Å². The first kappa shape index (κ1) is 19.0. The number of aromatic nitrogens is 1. The van der Waals surface area contributed by atoms with Gasteiger partial charge in [0.05, 0.1) is 18.3 Å². The standard InChI is InChI=1S/C21H24FN3O2/c1-15(26)11-21(27)24-20-6-5-19(14-23-20)25-9-7-16(8-10-25)12-17-3-2-4-18(22)13-17/h2-6,13-14,16H,7-12H2,1H3,(H,23,24,27). The normalized spacial score (nSPS) is 14.8. The fraction of sp³-hybridized carbons (Fsp3) is 0.381. The summed E-state index contributed by atoms with van der Waals surface area (Å²) in [4.78, 5) is 29.1. The molecule has 2 aromatic rings. The molecule has 0 atom stereocenters. The molecule has 27 heavy (non-hydrogen) atoms. The summed E-state index contributed by atoms with van der Waals surface area (Å²) in [6.07, 6.45) is 4.62. The lowest BCUT2D eigenvalue weighted by Crippen LogP contribution is -2.34. The molecule has 1 aliphatic heterocycles. The Kier molecular flexibility index (Phi) is 6.16. The van der Waals surface area contributed by atoms with Crippen LogP contribution in [0.15, 0.2) is 42.6 Å². The predicted molar refractivity (Wildman–Crippen MR) is 103 cm³/mol. The van der Waals surface area contributed by atoms with Crippen LogP contribution in [-0.4, -0.2) is 29.8 Å². The van der Waals surface area contributed by atoms with Crippen molar-refractivity contribution in [2.45, 2.75) is 32.6 Å².